The lowest BCUT2D eigenvalue weighted by molar-refractivity contribution is 0.297. The van der Waals surface area contributed by atoms with E-state index in [0.29, 0.717) is 19.8 Å². The molecule has 1 unspecified atom stereocenters. The van der Waals surface area contributed by atoms with Crippen molar-refractivity contribution in [3.63, 3.8) is 0 Å². The lowest BCUT2D eigenvalue weighted by Crippen LogP contribution is -2.32. The minimum atomic E-state index is 0.209. The molecule has 1 aliphatic rings. The van der Waals surface area contributed by atoms with Crippen LogP contribution in [-0.2, 0) is 0 Å². The molecule has 2 aromatic carbocycles. The monoisotopic (exact) mass is 382 g/mol. The summed E-state index contributed by atoms with van der Waals surface area (Å²) in [5.74, 6) is 2.32. The molecule has 1 heterocycles. The zero-order valence-corrected chi connectivity index (χ0v) is 16.9. The molecule has 0 fully saturated rings. The summed E-state index contributed by atoms with van der Waals surface area (Å²) in [4.78, 5) is 7.01. The van der Waals surface area contributed by atoms with Crippen molar-refractivity contribution in [2.45, 2.75) is 19.4 Å². The van der Waals surface area contributed by atoms with Gasteiger partial charge in [0.15, 0.2) is 17.5 Å². The molecular weight excluding hydrogens is 352 g/mol. The number of anilines is 1. The SMILES string of the molecule is CCNC(=NCC(c1ccccc1)N(C)C)Nc1ccc2c(c1)OCCCO2. The second kappa shape index (κ2) is 9.99. The summed E-state index contributed by atoms with van der Waals surface area (Å²) in [7, 11) is 4.16. The summed E-state index contributed by atoms with van der Waals surface area (Å²) in [6, 6.07) is 16.6. The van der Waals surface area contributed by atoms with Crippen molar-refractivity contribution in [1.29, 1.82) is 0 Å². The van der Waals surface area contributed by atoms with Gasteiger partial charge in [-0.25, -0.2) is 0 Å². The average molecular weight is 383 g/mol. The summed E-state index contributed by atoms with van der Waals surface area (Å²) in [6.07, 6.45) is 0.896. The lowest BCUT2D eigenvalue weighted by Gasteiger charge is -2.23. The van der Waals surface area contributed by atoms with E-state index in [0.717, 1.165) is 36.1 Å². The molecule has 0 spiro atoms. The minimum Gasteiger partial charge on any atom is -0.490 e. The molecule has 28 heavy (non-hydrogen) atoms. The lowest BCUT2D eigenvalue weighted by atomic mass is 10.1. The van der Waals surface area contributed by atoms with Gasteiger partial charge in [0.2, 0.25) is 0 Å². The van der Waals surface area contributed by atoms with Crippen molar-refractivity contribution in [3.8, 4) is 11.5 Å². The number of hydrogen-bond donors (Lipinski definition) is 2. The molecule has 2 aromatic rings. The van der Waals surface area contributed by atoms with Crippen LogP contribution in [0.5, 0.6) is 11.5 Å². The predicted octanol–water partition coefficient (Wildman–Crippen LogP) is 3.53. The van der Waals surface area contributed by atoms with Crippen molar-refractivity contribution in [2.75, 3.05) is 45.7 Å². The van der Waals surface area contributed by atoms with Gasteiger partial charge in [-0.05, 0) is 38.7 Å². The Labute approximate surface area is 167 Å². The van der Waals surface area contributed by atoms with E-state index in [2.05, 4.69) is 60.8 Å². The fraction of sp³-hybridized carbons (Fsp3) is 0.409. The highest BCUT2D eigenvalue weighted by atomic mass is 16.5. The first-order valence-corrected chi connectivity index (χ1v) is 9.83. The Bertz CT molecular complexity index is 777. The number of benzene rings is 2. The van der Waals surface area contributed by atoms with Gasteiger partial charge >= 0.3 is 0 Å². The van der Waals surface area contributed by atoms with E-state index >= 15 is 0 Å². The Morgan fingerprint density at radius 2 is 1.82 bits per heavy atom. The first-order valence-electron chi connectivity index (χ1n) is 9.83. The second-order valence-corrected chi connectivity index (χ2v) is 6.95. The zero-order chi connectivity index (χ0) is 19.8. The van der Waals surface area contributed by atoms with Crippen molar-refractivity contribution < 1.29 is 9.47 Å². The molecule has 0 amide bonds. The summed E-state index contributed by atoms with van der Waals surface area (Å²) < 4.78 is 11.5. The Hall–Kier alpha value is -2.73. The maximum absolute atomic E-state index is 5.79. The summed E-state index contributed by atoms with van der Waals surface area (Å²) in [5, 5.41) is 6.70. The van der Waals surface area contributed by atoms with Gasteiger partial charge in [-0.15, -0.1) is 0 Å². The largest absolute Gasteiger partial charge is 0.490 e. The van der Waals surface area contributed by atoms with E-state index < -0.39 is 0 Å². The van der Waals surface area contributed by atoms with Gasteiger partial charge in [0, 0.05) is 24.7 Å². The molecule has 0 bridgehead atoms. The predicted molar refractivity (Wildman–Crippen MR) is 115 cm³/mol. The quantitative estimate of drug-likeness (QED) is 0.591. The zero-order valence-electron chi connectivity index (χ0n) is 16.9. The number of hydrogen-bond acceptors (Lipinski definition) is 4. The summed E-state index contributed by atoms with van der Waals surface area (Å²) in [6.45, 7) is 4.86. The average Bonchev–Trinajstić information content (AvgIpc) is 2.94. The Kier molecular flexibility index (Phi) is 7.14. The van der Waals surface area contributed by atoms with Crippen molar-refractivity contribution in [1.82, 2.24) is 10.2 Å². The van der Waals surface area contributed by atoms with Crippen LogP contribution in [0.25, 0.3) is 0 Å². The molecular formula is C22H30N4O2. The van der Waals surface area contributed by atoms with Crippen LogP contribution < -0.4 is 20.1 Å². The van der Waals surface area contributed by atoms with Gasteiger partial charge < -0.3 is 25.0 Å². The third-order valence-electron chi connectivity index (χ3n) is 4.58. The fourth-order valence-electron chi connectivity index (χ4n) is 3.10. The van der Waals surface area contributed by atoms with Crippen molar-refractivity contribution >= 4 is 11.6 Å². The molecule has 0 radical (unpaired) electrons. The molecule has 6 heteroatoms. The van der Waals surface area contributed by atoms with E-state index in [9.17, 15) is 0 Å². The Balaban J connectivity index is 1.74. The third-order valence-corrected chi connectivity index (χ3v) is 4.58. The smallest absolute Gasteiger partial charge is 0.195 e. The van der Waals surface area contributed by atoms with Gasteiger partial charge in [-0.2, -0.15) is 0 Å². The number of fused-ring (bicyclic) bond motifs is 1. The highest BCUT2D eigenvalue weighted by Gasteiger charge is 2.14. The van der Waals surface area contributed by atoms with Gasteiger partial charge in [0.25, 0.3) is 0 Å². The van der Waals surface area contributed by atoms with E-state index in [1.807, 2.05) is 24.3 Å². The van der Waals surface area contributed by atoms with Gasteiger partial charge in [0.1, 0.15) is 0 Å². The number of aliphatic imine (C=N–C) groups is 1. The molecule has 0 saturated heterocycles. The number of nitrogens with zero attached hydrogens (tertiary/aromatic N) is 2. The third kappa shape index (κ3) is 5.39. The van der Waals surface area contributed by atoms with Crippen LogP contribution in [0.15, 0.2) is 53.5 Å². The minimum absolute atomic E-state index is 0.209. The van der Waals surface area contributed by atoms with Crippen LogP contribution in [0.1, 0.15) is 24.9 Å². The van der Waals surface area contributed by atoms with Crippen LogP contribution in [-0.4, -0.2) is 51.3 Å². The molecule has 0 aromatic heterocycles. The van der Waals surface area contributed by atoms with Gasteiger partial charge in [0.05, 0.1) is 25.8 Å². The topological polar surface area (TPSA) is 58.1 Å². The molecule has 0 aliphatic carbocycles. The van der Waals surface area contributed by atoms with E-state index in [1.54, 1.807) is 0 Å². The van der Waals surface area contributed by atoms with Crippen LogP contribution in [0.4, 0.5) is 5.69 Å². The maximum Gasteiger partial charge on any atom is 0.195 e. The molecule has 150 valence electrons. The number of nitrogens with one attached hydrogen (secondary N) is 2. The van der Waals surface area contributed by atoms with E-state index in [-0.39, 0.29) is 6.04 Å². The molecule has 6 nitrogen and oxygen atoms in total. The van der Waals surface area contributed by atoms with Crippen molar-refractivity contribution in [2.24, 2.45) is 4.99 Å². The maximum atomic E-state index is 5.79. The van der Waals surface area contributed by atoms with Gasteiger partial charge in [-0.3, -0.25) is 4.99 Å². The first-order chi connectivity index (χ1) is 13.7. The highest BCUT2D eigenvalue weighted by Crippen LogP contribution is 2.32. The van der Waals surface area contributed by atoms with Crippen LogP contribution in [0, 0.1) is 0 Å². The van der Waals surface area contributed by atoms with Crippen LogP contribution in [0.2, 0.25) is 0 Å². The number of rotatable bonds is 6. The number of guanidine groups is 1. The Morgan fingerprint density at radius 3 is 2.54 bits per heavy atom. The highest BCUT2D eigenvalue weighted by molar-refractivity contribution is 5.94. The molecule has 1 aliphatic heterocycles. The molecule has 2 N–H and O–H groups in total. The first kappa shape index (κ1) is 20.0. The van der Waals surface area contributed by atoms with Crippen LogP contribution in [0.3, 0.4) is 0 Å². The molecule has 1 atom stereocenters. The van der Waals surface area contributed by atoms with Crippen molar-refractivity contribution in [3.05, 3.63) is 54.1 Å². The standard InChI is InChI=1S/C22H30N4O2/c1-4-23-22(24-16-19(26(2)3)17-9-6-5-7-10-17)25-18-11-12-20-21(15-18)28-14-8-13-27-20/h5-7,9-12,15,19H,4,8,13-14,16H2,1-3H3,(H2,23,24,25). The van der Waals surface area contributed by atoms with Gasteiger partial charge in [-0.1, -0.05) is 30.3 Å². The molecule has 3 rings (SSSR count). The number of likely N-dealkylation sites (N-methyl/N-ethyl adjacent to an activating group) is 1. The second-order valence-electron chi connectivity index (χ2n) is 6.95. The number of ether oxygens (including phenoxy) is 2. The van der Waals surface area contributed by atoms with E-state index in [1.165, 1.54) is 5.56 Å². The summed E-state index contributed by atoms with van der Waals surface area (Å²) in [5.41, 5.74) is 2.17. The summed E-state index contributed by atoms with van der Waals surface area (Å²) >= 11 is 0. The normalized spacial score (nSPS) is 15.1. The Morgan fingerprint density at radius 1 is 1.07 bits per heavy atom. The molecule has 0 saturated carbocycles. The van der Waals surface area contributed by atoms with E-state index in [4.69, 9.17) is 14.5 Å². The van der Waals surface area contributed by atoms with Crippen LogP contribution >= 0.6 is 0 Å². The fourth-order valence-corrected chi connectivity index (χ4v) is 3.10.